The molecule has 104 valence electrons. The summed E-state index contributed by atoms with van der Waals surface area (Å²) in [5.74, 6) is -0.461. The van der Waals surface area contributed by atoms with E-state index in [1.54, 1.807) is 23.1 Å². The summed E-state index contributed by atoms with van der Waals surface area (Å²) in [6, 6.07) is 5.08. The number of rotatable bonds is 2. The number of nitrogens with one attached hydrogen (secondary N) is 2. The number of benzene rings is 1. The molecule has 4 N–H and O–H groups in total. The fraction of sp³-hybridized carbons (Fsp3) is 0.308. The van der Waals surface area contributed by atoms with E-state index in [0.717, 1.165) is 13.1 Å². The molecule has 0 saturated carbocycles. The van der Waals surface area contributed by atoms with Crippen molar-refractivity contribution in [1.29, 1.82) is 0 Å². The summed E-state index contributed by atoms with van der Waals surface area (Å²) >= 11 is 0. The SMILES string of the molecule is NC(=O)c1cccc2[nH]c(C(=O)N3CCNCC3)nc12. The van der Waals surface area contributed by atoms with Crippen LogP contribution in [-0.4, -0.2) is 52.9 Å². The summed E-state index contributed by atoms with van der Waals surface area (Å²) in [6.45, 7) is 2.86. The van der Waals surface area contributed by atoms with Gasteiger partial charge in [-0.1, -0.05) is 6.07 Å². The van der Waals surface area contributed by atoms with Gasteiger partial charge in [-0.05, 0) is 12.1 Å². The first-order chi connectivity index (χ1) is 9.66. The molecule has 1 saturated heterocycles. The van der Waals surface area contributed by atoms with Gasteiger partial charge in [-0.25, -0.2) is 4.98 Å². The Kier molecular flexibility index (Phi) is 3.11. The van der Waals surface area contributed by atoms with Crippen molar-refractivity contribution in [2.75, 3.05) is 26.2 Å². The monoisotopic (exact) mass is 273 g/mol. The molecule has 7 heteroatoms. The number of nitrogens with two attached hydrogens (primary N) is 1. The van der Waals surface area contributed by atoms with Crippen LogP contribution in [-0.2, 0) is 0 Å². The number of para-hydroxylation sites is 1. The van der Waals surface area contributed by atoms with Gasteiger partial charge in [0.15, 0.2) is 5.82 Å². The van der Waals surface area contributed by atoms with E-state index in [1.165, 1.54) is 0 Å². The van der Waals surface area contributed by atoms with Crippen LogP contribution >= 0.6 is 0 Å². The van der Waals surface area contributed by atoms with Gasteiger partial charge < -0.3 is 20.9 Å². The van der Waals surface area contributed by atoms with Crippen LogP contribution in [0.15, 0.2) is 18.2 Å². The van der Waals surface area contributed by atoms with E-state index in [0.29, 0.717) is 29.7 Å². The molecule has 1 aliphatic rings. The number of amides is 2. The van der Waals surface area contributed by atoms with Gasteiger partial charge in [-0.3, -0.25) is 9.59 Å². The summed E-state index contributed by atoms with van der Waals surface area (Å²) in [5, 5.41) is 3.19. The van der Waals surface area contributed by atoms with Crippen molar-refractivity contribution in [2.24, 2.45) is 5.73 Å². The highest BCUT2D eigenvalue weighted by molar-refractivity contribution is 6.05. The minimum Gasteiger partial charge on any atom is -0.366 e. The molecule has 0 radical (unpaired) electrons. The van der Waals surface area contributed by atoms with Crippen LogP contribution in [0.3, 0.4) is 0 Å². The molecule has 2 amide bonds. The minimum atomic E-state index is -0.553. The predicted molar refractivity (Wildman–Crippen MR) is 73.4 cm³/mol. The average molecular weight is 273 g/mol. The van der Waals surface area contributed by atoms with Crippen LogP contribution in [0.4, 0.5) is 0 Å². The summed E-state index contributed by atoms with van der Waals surface area (Å²) in [4.78, 5) is 32.6. The molecule has 2 aromatic rings. The maximum absolute atomic E-state index is 12.3. The summed E-state index contributed by atoms with van der Waals surface area (Å²) in [6.07, 6.45) is 0. The number of imidazole rings is 1. The molecule has 1 aliphatic heterocycles. The summed E-state index contributed by atoms with van der Waals surface area (Å²) in [5.41, 5.74) is 6.71. The Hall–Kier alpha value is -2.41. The molecule has 0 bridgehead atoms. The van der Waals surface area contributed by atoms with E-state index in [-0.39, 0.29) is 11.7 Å². The van der Waals surface area contributed by atoms with Crippen LogP contribution in [0.2, 0.25) is 0 Å². The number of fused-ring (bicyclic) bond motifs is 1. The number of aromatic amines is 1. The second kappa shape index (κ2) is 4.93. The standard InChI is InChI=1S/C13H15N5O2/c14-11(19)8-2-1-3-9-10(8)17-12(16-9)13(20)18-6-4-15-5-7-18/h1-3,15H,4-7H2,(H2,14,19)(H,16,17). The third-order valence-electron chi connectivity index (χ3n) is 3.38. The van der Waals surface area contributed by atoms with Crippen LogP contribution in [0.25, 0.3) is 11.0 Å². The minimum absolute atomic E-state index is 0.155. The van der Waals surface area contributed by atoms with E-state index in [1.807, 2.05) is 0 Å². The lowest BCUT2D eigenvalue weighted by Crippen LogP contribution is -2.46. The quantitative estimate of drug-likeness (QED) is 0.699. The number of H-pyrrole nitrogens is 1. The Morgan fingerprint density at radius 1 is 1.25 bits per heavy atom. The topological polar surface area (TPSA) is 104 Å². The molecule has 1 aromatic carbocycles. The van der Waals surface area contributed by atoms with Crippen molar-refractivity contribution >= 4 is 22.8 Å². The zero-order valence-corrected chi connectivity index (χ0v) is 10.8. The van der Waals surface area contributed by atoms with E-state index >= 15 is 0 Å². The van der Waals surface area contributed by atoms with Crippen LogP contribution in [0.5, 0.6) is 0 Å². The lowest BCUT2D eigenvalue weighted by molar-refractivity contribution is 0.0724. The molecule has 1 aromatic heterocycles. The fourth-order valence-corrected chi connectivity index (χ4v) is 2.35. The second-order valence-electron chi connectivity index (χ2n) is 4.69. The van der Waals surface area contributed by atoms with Crippen LogP contribution in [0.1, 0.15) is 21.0 Å². The van der Waals surface area contributed by atoms with Gasteiger partial charge in [-0.2, -0.15) is 0 Å². The maximum atomic E-state index is 12.3. The number of piperazine rings is 1. The molecule has 3 rings (SSSR count). The van der Waals surface area contributed by atoms with E-state index in [2.05, 4.69) is 15.3 Å². The van der Waals surface area contributed by atoms with E-state index in [9.17, 15) is 9.59 Å². The number of hydrogen-bond acceptors (Lipinski definition) is 4. The summed E-state index contributed by atoms with van der Waals surface area (Å²) < 4.78 is 0. The molecule has 7 nitrogen and oxygen atoms in total. The van der Waals surface area contributed by atoms with Crippen LogP contribution in [0, 0.1) is 0 Å². The van der Waals surface area contributed by atoms with Crippen molar-refractivity contribution in [3.05, 3.63) is 29.6 Å². The predicted octanol–water partition coefficient (Wildman–Crippen LogP) is -0.293. The van der Waals surface area contributed by atoms with E-state index < -0.39 is 5.91 Å². The number of aromatic nitrogens is 2. The van der Waals surface area contributed by atoms with Gasteiger partial charge in [0.05, 0.1) is 11.1 Å². The van der Waals surface area contributed by atoms with E-state index in [4.69, 9.17) is 5.73 Å². The molecule has 20 heavy (non-hydrogen) atoms. The largest absolute Gasteiger partial charge is 0.366 e. The first-order valence-corrected chi connectivity index (χ1v) is 6.45. The molecule has 0 aliphatic carbocycles. The Morgan fingerprint density at radius 2 is 2.00 bits per heavy atom. The number of primary amides is 1. The summed E-state index contributed by atoms with van der Waals surface area (Å²) in [7, 11) is 0. The Bertz CT molecular complexity index is 672. The number of carbonyl (C=O) groups excluding carboxylic acids is 2. The smallest absolute Gasteiger partial charge is 0.289 e. The van der Waals surface area contributed by atoms with Crippen molar-refractivity contribution in [3.8, 4) is 0 Å². The second-order valence-corrected chi connectivity index (χ2v) is 4.69. The molecular weight excluding hydrogens is 258 g/mol. The Labute approximate surface area is 115 Å². The van der Waals surface area contributed by atoms with Gasteiger partial charge in [0.2, 0.25) is 0 Å². The lowest BCUT2D eigenvalue weighted by atomic mass is 10.2. The highest BCUT2D eigenvalue weighted by Crippen LogP contribution is 2.17. The highest BCUT2D eigenvalue weighted by atomic mass is 16.2. The van der Waals surface area contributed by atoms with Gasteiger partial charge in [-0.15, -0.1) is 0 Å². The first-order valence-electron chi connectivity index (χ1n) is 6.45. The highest BCUT2D eigenvalue weighted by Gasteiger charge is 2.22. The molecule has 1 fully saturated rings. The number of carbonyl (C=O) groups is 2. The maximum Gasteiger partial charge on any atom is 0.289 e. The first kappa shape index (κ1) is 12.6. The van der Waals surface area contributed by atoms with Gasteiger partial charge in [0.1, 0.15) is 5.52 Å². The van der Waals surface area contributed by atoms with Gasteiger partial charge in [0.25, 0.3) is 11.8 Å². The normalized spacial score (nSPS) is 15.5. The number of hydrogen-bond donors (Lipinski definition) is 3. The van der Waals surface area contributed by atoms with Gasteiger partial charge in [0, 0.05) is 26.2 Å². The van der Waals surface area contributed by atoms with Gasteiger partial charge >= 0.3 is 0 Å². The van der Waals surface area contributed by atoms with Crippen LogP contribution < -0.4 is 11.1 Å². The zero-order valence-electron chi connectivity index (χ0n) is 10.8. The number of nitrogens with zero attached hydrogens (tertiary/aromatic N) is 2. The molecular formula is C13H15N5O2. The molecule has 0 atom stereocenters. The Morgan fingerprint density at radius 3 is 2.70 bits per heavy atom. The molecule has 0 spiro atoms. The van der Waals surface area contributed by atoms with Crippen molar-refractivity contribution < 1.29 is 9.59 Å². The third kappa shape index (κ3) is 2.12. The fourth-order valence-electron chi connectivity index (χ4n) is 2.35. The lowest BCUT2D eigenvalue weighted by Gasteiger charge is -2.26. The third-order valence-corrected chi connectivity index (χ3v) is 3.38. The van der Waals surface area contributed by atoms with Crippen molar-refractivity contribution in [3.63, 3.8) is 0 Å². The Balaban J connectivity index is 1.98. The molecule has 2 heterocycles. The zero-order chi connectivity index (χ0) is 14.1. The average Bonchev–Trinajstić information content (AvgIpc) is 2.90. The van der Waals surface area contributed by atoms with Crippen molar-refractivity contribution in [1.82, 2.24) is 20.2 Å². The molecule has 0 unspecified atom stereocenters. The van der Waals surface area contributed by atoms with Crippen molar-refractivity contribution in [2.45, 2.75) is 0 Å².